The van der Waals surface area contributed by atoms with E-state index < -0.39 is 0 Å². The molecule has 0 aromatic carbocycles. The van der Waals surface area contributed by atoms with E-state index in [0.29, 0.717) is 0 Å². The minimum atomic E-state index is 0.898. The number of hydrogen-bond acceptors (Lipinski definition) is 2. The van der Waals surface area contributed by atoms with E-state index in [4.69, 9.17) is 0 Å². The second kappa shape index (κ2) is 4.94. The van der Waals surface area contributed by atoms with Gasteiger partial charge in [-0.05, 0) is 31.6 Å². The van der Waals surface area contributed by atoms with Gasteiger partial charge in [-0.1, -0.05) is 17.3 Å². The van der Waals surface area contributed by atoms with Gasteiger partial charge in [0, 0.05) is 6.21 Å². The summed E-state index contributed by atoms with van der Waals surface area (Å²) >= 11 is 0. The van der Waals surface area contributed by atoms with E-state index in [2.05, 4.69) is 22.1 Å². The van der Waals surface area contributed by atoms with Crippen molar-refractivity contribution in [2.75, 3.05) is 7.11 Å². The van der Waals surface area contributed by atoms with Gasteiger partial charge in [0.2, 0.25) is 0 Å². The first-order valence-electron chi connectivity index (χ1n) is 4.15. The summed E-state index contributed by atoms with van der Waals surface area (Å²) in [5.74, 6) is 0.898. The summed E-state index contributed by atoms with van der Waals surface area (Å²) in [6.07, 6.45) is 11.2. The van der Waals surface area contributed by atoms with Crippen molar-refractivity contribution in [1.82, 2.24) is 0 Å². The van der Waals surface area contributed by atoms with Gasteiger partial charge in [0.1, 0.15) is 7.11 Å². The fourth-order valence-electron chi connectivity index (χ4n) is 0.875. The number of oxime groups is 1. The predicted octanol–water partition coefficient (Wildman–Crippen LogP) is 2.37. The molecule has 2 heteroatoms. The van der Waals surface area contributed by atoms with Gasteiger partial charge in [0.15, 0.2) is 0 Å². The fraction of sp³-hybridized carbons (Fsp3) is 0.667. The molecule has 0 saturated heterocycles. The van der Waals surface area contributed by atoms with Crippen LogP contribution < -0.4 is 0 Å². The minimum absolute atomic E-state index is 0.898. The van der Waals surface area contributed by atoms with Gasteiger partial charge >= 0.3 is 0 Å². The standard InChI is InChI=1S/C9H15NO/c1-11-10-8-4-2-3-5-9-6-7-9/h3,5,8-9H,2,4,6-7H2,1H3. The van der Waals surface area contributed by atoms with Crippen LogP contribution >= 0.6 is 0 Å². The first kappa shape index (κ1) is 8.31. The number of allylic oxidation sites excluding steroid dienone is 2. The summed E-state index contributed by atoms with van der Waals surface area (Å²) in [4.78, 5) is 4.53. The molecular formula is C9H15NO. The molecule has 0 amide bonds. The lowest BCUT2D eigenvalue weighted by atomic mass is 10.3. The zero-order valence-corrected chi connectivity index (χ0v) is 6.99. The maximum atomic E-state index is 4.53. The van der Waals surface area contributed by atoms with Gasteiger partial charge < -0.3 is 4.84 Å². The van der Waals surface area contributed by atoms with Crippen molar-refractivity contribution in [3.8, 4) is 0 Å². The Morgan fingerprint density at radius 3 is 2.91 bits per heavy atom. The highest BCUT2D eigenvalue weighted by molar-refractivity contribution is 5.56. The van der Waals surface area contributed by atoms with Crippen LogP contribution in [0.4, 0.5) is 0 Å². The van der Waals surface area contributed by atoms with Crippen molar-refractivity contribution in [2.45, 2.75) is 25.7 Å². The van der Waals surface area contributed by atoms with Crippen molar-refractivity contribution in [2.24, 2.45) is 11.1 Å². The molecule has 0 spiro atoms. The summed E-state index contributed by atoms with van der Waals surface area (Å²) in [6, 6.07) is 0. The summed E-state index contributed by atoms with van der Waals surface area (Å²) in [5, 5.41) is 3.65. The molecule has 2 nitrogen and oxygen atoms in total. The second-order valence-corrected chi connectivity index (χ2v) is 2.81. The first-order valence-corrected chi connectivity index (χ1v) is 4.15. The summed E-state index contributed by atoms with van der Waals surface area (Å²) in [7, 11) is 1.57. The molecule has 1 fully saturated rings. The zero-order chi connectivity index (χ0) is 7.94. The number of rotatable bonds is 5. The van der Waals surface area contributed by atoms with Gasteiger partial charge in [0.05, 0.1) is 0 Å². The van der Waals surface area contributed by atoms with Crippen LogP contribution in [0.15, 0.2) is 17.3 Å². The molecule has 0 aliphatic heterocycles. The lowest BCUT2D eigenvalue weighted by Crippen LogP contribution is -1.75. The smallest absolute Gasteiger partial charge is 0.106 e. The third kappa shape index (κ3) is 4.59. The third-order valence-corrected chi connectivity index (χ3v) is 1.67. The molecule has 0 unspecified atom stereocenters. The molecule has 0 radical (unpaired) electrons. The average Bonchev–Trinajstić information content (AvgIpc) is 2.80. The van der Waals surface area contributed by atoms with E-state index in [-0.39, 0.29) is 0 Å². The Morgan fingerprint density at radius 2 is 2.27 bits per heavy atom. The first-order chi connectivity index (χ1) is 5.43. The summed E-state index contributed by atoms with van der Waals surface area (Å²) in [6.45, 7) is 0. The molecule has 0 heterocycles. The molecule has 11 heavy (non-hydrogen) atoms. The number of hydrogen-bond donors (Lipinski definition) is 0. The Morgan fingerprint density at radius 1 is 1.45 bits per heavy atom. The molecule has 0 aromatic rings. The fourth-order valence-corrected chi connectivity index (χ4v) is 0.875. The van der Waals surface area contributed by atoms with E-state index in [1.165, 1.54) is 12.8 Å². The van der Waals surface area contributed by atoms with Gasteiger partial charge in [-0.15, -0.1) is 0 Å². The zero-order valence-electron chi connectivity index (χ0n) is 6.99. The van der Waals surface area contributed by atoms with Crippen LogP contribution in [0.1, 0.15) is 25.7 Å². The normalized spacial score (nSPS) is 18.3. The van der Waals surface area contributed by atoms with Gasteiger partial charge in [-0.2, -0.15) is 0 Å². The largest absolute Gasteiger partial charge is 0.399 e. The monoisotopic (exact) mass is 153 g/mol. The van der Waals surface area contributed by atoms with Crippen molar-refractivity contribution < 1.29 is 4.84 Å². The van der Waals surface area contributed by atoms with Crippen LogP contribution in [0.25, 0.3) is 0 Å². The topological polar surface area (TPSA) is 21.6 Å². The molecule has 0 atom stereocenters. The van der Waals surface area contributed by atoms with Crippen LogP contribution in [0.3, 0.4) is 0 Å². The molecule has 1 aliphatic carbocycles. The van der Waals surface area contributed by atoms with Crippen LogP contribution in [-0.4, -0.2) is 13.3 Å². The Labute approximate surface area is 67.9 Å². The van der Waals surface area contributed by atoms with E-state index in [1.54, 1.807) is 13.3 Å². The highest BCUT2D eigenvalue weighted by atomic mass is 16.6. The summed E-state index contributed by atoms with van der Waals surface area (Å²) in [5.41, 5.74) is 0. The van der Waals surface area contributed by atoms with E-state index in [1.807, 2.05) is 0 Å². The lowest BCUT2D eigenvalue weighted by Gasteiger charge is -1.86. The molecule has 1 aliphatic rings. The van der Waals surface area contributed by atoms with Crippen LogP contribution in [0.2, 0.25) is 0 Å². The highest BCUT2D eigenvalue weighted by Gasteiger charge is 2.16. The van der Waals surface area contributed by atoms with Crippen LogP contribution in [-0.2, 0) is 4.84 Å². The van der Waals surface area contributed by atoms with Crippen molar-refractivity contribution in [3.63, 3.8) is 0 Å². The Hall–Kier alpha value is -0.790. The Balaban J connectivity index is 1.90. The molecule has 0 bridgehead atoms. The molecule has 1 saturated carbocycles. The van der Waals surface area contributed by atoms with Gasteiger partial charge in [0.25, 0.3) is 0 Å². The molecule has 1 rings (SSSR count). The molecular weight excluding hydrogens is 138 g/mol. The highest BCUT2D eigenvalue weighted by Crippen LogP contribution is 2.30. The van der Waals surface area contributed by atoms with Crippen LogP contribution in [0, 0.1) is 5.92 Å². The van der Waals surface area contributed by atoms with Crippen molar-refractivity contribution in [3.05, 3.63) is 12.2 Å². The Kier molecular flexibility index (Phi) is 3.73. The maximum absolute atomic E-state index is 4.53. The van der Waals surface area contributed by atoms with Gasteiger partial charge in [-0.3, -0.25) is 0 Å². The van der Waals surface area contributed by atoms with Crippen molar-refractivity contribution >= 4 is 6.21 Å². The van der Waals surface area contributed by atoms with E-state index in [9.17, 15) is 0 Å². The van der Waals surface area contributed by atoms with E-state index >= 15 is 0 Å². The quantitative estimate of drug-likeness (QED) is 0.257. The van der Waals surface area contributed by atoms with Gasteiger partial charge in [-0.25, -0.2) is 0 Å². The second-order valence-electron chi connectivity index (χ2n) is 2.81. The molecule has 62 valence electrons. The maximum Gasteiger partial charge on any atom is 0.106 e. The third-order valence-electron chi connectivity index (χ3n) is 1.67. The predicted molar refractivity (Wildman–Crippen MR) is 46.6 cm³/mol. The number of nitrogens with zero attached hydrogens (tertiary/aromatic N) is 1. The van der Waals surface area contributed by atoms with Crippen molar-refractivity contribution in [1.29, 1.82) is 0 Å². The van der Waals surface area contributed by atoms with Crippen LogP contribution in [0.5, 0.6) is 0 Å². The molecule has 0 aromatic heterocycles. The van der Waals surface area contributed by atoms with E-state index in [0.717, 1.165) is 18.8 Å². The Bertz CT molecular complexity index is 148. The average molecular weight is 153 g/mol. The number of unbranched alkanes of at least 4 members (excludes halogenated alkanes) is 1. The SMILES string of the molecule is CON=CCCC=CC1CC1. The minimum Gasteiger partial charge on any atom is -0.399 e. The molecule has 0 N–H and O–H groups in total. The lowest BCUT2D eigenvalue weighted by molar-refractivity contribution is 0.214. The summed E-state index contributed by atoms with van der Waals surface area (Å²) < 4.78 is 0.